The van der Waals surface area contributed by atoms with Gasteiger partial charge in [0, 0.05) is 29.4 Å². The molecule has 2 aromatic carbocycles. The predicted molar refractivity (Wildman–Crippen MR) is 102 cm³/mol. The monoisotopic (exact) mass is 381 g/mol. The summed E-state index contributed by atoms with van der Waals surface area (Å²) in [4.78, 5) is 8.89. The number of methoxy groups -OCH3 is 1. The quantitative estimate of drug-likeness (QED) is 0.442. The molecule has 0 aliphatic carbocycles. The molecule has 27 heavy (non-hydrogen) atoms. The van der Waals surface area contributed by atoms with Crippen LogP contribution in [0, 0.1) is 5.82 Å². The van der Waals surface area contributed by atoms with Crippen molar-refractivity contribution in [2.24, 2.45) is 0 Å². The van der Waals surface area contributed by atoms with Gasteiger partial charge in [-0.3, -0.25) is 4.57 Å². The molecule has 4 aromatic rings. The van der Waals surface area contributed by atoms with Crippen LogP contribution in [0.4, 0.5) is 4.39 Å². The first-order valence-corrected chi connectivity index (χ1v) is 9.22. The lowest BCUT2D eigenvalue weighted by Crippen LogP contribution is -1.95. The Balaban J connectivity index is 1.47. The summed E-state index contributed by atoms with van der Waals surface area (Å²) in [5.74, 6) is 1.61. The van der Waals surface area contributed by atoms with E-state index in [1.807, 2.05) is 35.0 Å². The zero-order chi connectivity index (χ0) is 18.6. The van der Waals surface area contributed by atoms with Crippen LogP contribution in [0.5, 0.6) is 5.75 Å². The van der Waals surface area contributed by atoms with Crippen molar-refractivity contribution in [2.75, 3.05) is 7.11 Å². The van der Waals surface area contributed by atoms with Gasteiger partial charge in [-0.15, -0.1) is 0 Å². The third-order valence-electron chi connectivity index (χ3n) is 3.95. The topological polar surface area (TPSA) is 53.1 Å². The number of imidazole rings is 1. The van der Waals surface area contributed by atoms with Crippen molar-refractivity contribution < 1.29 is 13.5 Å². The van der Waals surface area contributed by atoms with Gasteiger partial charge in [-0.1, -0.05) is 11.8 Å². The van der Waals surface area contributed by atoms with Gasteiger partial charge >= 0.3 is 0 Å². The summed E-state index contributed by atoms with van der Waals surface area (Å²) >= 11 is 1.56. The van der Waals surface area contributed by atoms with E-state index < -0.39 is 0 Å². The maximum atomic E-state index is 13.0. The van der Waals surface area contributed by atoms with Gasteiger partial charge in [0.25, 0.3) is 0 Å². The standard InChI is InChI=1S/C20H16FN3O2S/c1-25-18-8-6-17(7-9-18)24-11-10-22-20(24)27-13-16-12-26-19(23-16)14-2-4-15(21)5-3-14/h2-12H,13H2,1H3. The summed E-state index contributed by atoms with van der Waals surface area (Å²) in [6, 6.07) is 13.9. The summed E-state index contributed by atoms with van der Waals surface area (Å²) in [7, 11) is 1.64. The van der Waals surface area contributed by atoms with E-state index in [0.29, 0.717) is 11.6 Å². The zero-order valence-electron chi connectivity index (χ0n) is 14.5. The molecule has 0 fully saturated rings. The van der Waals surface area contributed by atoms with Gasteiger partial charge in [0.1, 0.15) is 17.8 Å². The Morgan fingerprint density at radius 3 is 2.63 bits per heavy atom. The zero-order valence-corrected chi connectivity index (χ0v) is 15.3. The molecular weight excluding hydrogens is 365 g/mol. The maximum Gasteiger partial charge on any atom is 0.226 e. The SMILES string of the molecule is COc1ccc(-n2ccnc2SCc2coc(-c3ccc(F)cc3)n2)cc1. The molecule has 0 radical (unpaired) electrons. The van der Waals surface area contributed by atoms with Crippen molar-refractivity contribution in [1.29, 1.82) is 0 Å². The van der Waals surface area contributed by atoms with Crippen LogP contribution in [0.2, 0.25) is 0 Å². The molecule has 0 amide bonds. The minimum absolute atomic E-state index is 0.286. The molecule has 0 N–H and O–H groups in total. The third-order valence-corrected chi connectivity index (χ3v) is 4.95. The number of nitrogens with zero attached hydrogens (tertiary/aromatic N) is 3. The number of oxazole rings is 1. The summed E-state index contributed by atoms with van der Waals surface area (Å²) in [6.07, 6.45) is 5.29. The highest BCUT2D eigenvalue weighted by Gasteiger charge is 2.10. The molecule has 4 rings (SSSR count). The molecule has 2 heterocycles. The van der Waals surface area contributed by atoms with Crippen LogP contribution in [0.15, 0.2) is 76.8 Å². The van der Waals surface area contributed by atoms with Gasteiger partial charge in [0.15, 0.2) is 5.16 Å². The lowest BCUT2D eigenvalue weighted by molar-refractivity contribution is 0.414. The molecule has 0 unspecified atom stereocenters. The fraction of sp³-hybridized carbons (Fsp3) is 0.100. The van der Waals surface area contributed by atoms with Gasteiger partial charge in [-0.2, -0.15) is 0 Å². The molecular formula is C20H16FN3O2S. The highest BCUT2D eigenvalue weighted by molar-refractivity contribution is 7.98. The minimum atomic E-state index is -0.286. The van der Waals surface area contributed by atoms with E-state index in [-0.39, 0.29) is 5.82 Å². The van der Waals surface area contributed by atoms with Crippen LogP contribution >= 0.6 is 11.8 Å². The predicted octanol–water partition coefficient (Wildman–Crippen LogP) is 4.97. The van der Waals surface area contributed by atoms with Crippen LogP contribution in [0.25, 0.3) is 17.1 Å². The minimum Gasteiger partial charge on any atom is -0.497 e. The highest BCUT2D eigenvalue weighted by atomic mass is 32.2. The average Bonchev–Trinajstić information content (AvgIpc) is 3.36. The van der Waals surface area contributed by atoms with Crippen molar-refractivity contribution >= 4 is 11.8 Å². The Labute approximate surface area is 159 Å². The second kappa shape index (κ2) is 7.67. The first-order chi connectivity index (χ1) is 13.2. The Bertz CT molecular complexity index is 1030. The molecule has 136 valence electrons. The molecule has 0 bridgehead atoms. The molecule has 2 aromatic heterocycles. The van der Waals surface area contributed by atoms with Gasteiger partial charge in [0.05, 0.1) is 12.8 Å². The smallest absolute Gasteiger partial charge is 0.226 e. The normalized spacial score (nSPS) is 10.9. The van der Waals surface area contributed by atoms with Gasteiger partial charge < -0.3 is 9.15 Å². The maximum absolute atomic E-state index is 13.0. The Hall–Kier alpha value is -3.06. The van der Waals surface area contributed by atoms with E-state index in [0.717, 1.165) is 27.9 Å². The van der Waals surface area contributed by atoms with E-state index in [1.165, 1.54) is 12.1 Å². The molecule has 0 atom stereocenters. The Kier molecular flexibility index (Phi) is 4.93. The summed E-state index contributed by atoms with van der Waals surface area (Å²) < 4.78 is 25.8. The highest BCUT2D eigenvalue weighted by Crippen LogP contribution is 2.26. The van der Waals surface area contributed by atoms with E-state index in [4.69, 9.17) is 9.15 Å². The second-order valence-electron chi connectivity index (χ2n) is 5.72. The number of hydrogen-bond acceptors (Lipinski definition) is 5. The number of hydrogen-bond donors (Lipinski definition) is 0. The van der Waals surface area contributed by atoms with Crippen LogP contribution in [-0.4, -0.2) is 21.6 Å². The van der Waals surface area contributed by atoms with E-state index in [1.54, 1.807) is 43.5 Å². The number of ether oxygens (including phenoxy) is 1. The lowest BCUT2D eigenvalue weighted by Gasteiger charge is -2.07. The largest absolute Gasteiger partial charge is 0.497 e. The summed E-state index contributed by atoms with van der Waals surface area (Å²) in [6.45, 7) is 0. The van der Waals surface area contributed by atoms with Crippen molar-refractivity contribution in [1.82, 2.24) is 14.5 Å². The lowest BCUT2D eigenvalue weighted by atomic mass is 10.2. The number of aromatic nitrogens is 3. The molecule has 7 heteroatoms. The number of benzene rings is 2. The fourth-order valence-electron chi connectivity index (χ4n) is 2.57. The molecule has 0 saturated heterocycles. The number of halogens is 1. The first kappa shape index (κ1) is 17.4. The van der Waals surface area contributed by atoms with Gasteiger partial charge in [-0.05, 0) is 48.5 Å². The molecule has 0 saturated carbocycles. The van der Waals surface area contributed by atoms with Crippen molar-refractivity contribution in [3.8, 4) is 22.9 Å². The van der Waals surface area contributed by atoms with Gasteiger partial charge in [-0.25, -0.2) is 14.4 Å². The molecule has 0 aliphatic rings. The molecule has 0 spiro atoms. The van der Waals surface area contributed by atoms with Crippen LogP contribution < -0.4 is 4.74 Å². The Morgan fingerprint density at radius 2 is 1.89 bits per heavy atom. The summed E-state index contributed by atoms with van der Waals surface area (Å²) in [5, 5.41) is 0.853. The third kappa shape index (κ3) is 3.88. The molecule has 5 nitrogen and oxygen atoms in total. The average molecular weight is 381 g/mol. The summed E-state index contributed by atoms with van der Waals surface area (Å²) in [5.41, 5.74) is 2.54. The van der Waals surface area contributed by atoms with E-state index >= 15 is 0 Å². The van der Waals surface area contributed by atoms with E-state index in [9.17, 15) is 4.39 Å². The number of rotatable bonds is 6. The van der Waals surface area contributed by atoms with Crippen molar-refractivity contribution in [3.05, 3.63) is 78.7 Å². The molecule has 0 aliphatic heterocycles. The van der Waals surface area contributed by atoms with Gasteiger partial charge in [0.2, 0.25) is 5.89 Å². The fourth-order valence-corrected chi connectivity index (χ4v) is 3.42. The van der Waals surface area contributed by atoms with Crippen molar-refractivity contribution in [3.63, 3.8) is 0 Å². The van der Waals surface area contributed by atoms with E-state index in [2.05, 4.69) is 9.97 Å². The van der Waals surface area contributed by atoms with Crippen molar-refractivity contribution in [2.45, 2.75) is 10.9 Å². The van der Waals surface area contributed by atoms with Crippen LogP contribution in [0.3, 0.4) is 0 Å². The van der Waals surface area contributed by atoms with Crippen LogP contribution in [0.1, 0.15) is 5.69 Å². The van der Waals surface area contributed by atoms with Crippen LogP contribution in [-0.2, 0) is 5.75 Å². The first-order valence-electron chi connectivity index (χ1n) is 8.24. The second-order valence-corrected chi connectivity index (χ2v) is 6.66. The number of thioether (sulfide) groups is 1. The Morgan fingerprint density at radius 1 is 1.11 bits per heavy atom.